The average Bonchev–Trinajstić information content (AvgIpc) is 2.36. The second kappa shape index (κ2) is 5.97. The Hall–Kier alpha value is -0.700. The summed E-state index contributed by atoms with van der Waals surface area (Å²) in [6.07, 6.45) is 0. The molecule has 1 atom stereocenters. The van der Waals surface area contributed by atoms with Gasteiger partial charge in [0.2, 0.25) is 0 Å². The van der Waals surface area contributed by atoms with Gasteiger partial charge in [0, 0.05) is 10.8 Å². The zero-order valence-corrected chi connectivity index (χ0v) is 14.1. The predicted molar refractivity (Wildman–Crippen MR) is 82.2 cm³/mol. The molecule has 20 heavy (non-hydrogen) atoms. The number of benzene rings is 1. The van der Waals surface area contributed by atoms with E-state index in [0.29, 0.717) is 11.9 Å². The van der Waals surface area contributed by atoms with Gasteiger partial charge in [-0.05, 0) is 52.0 Å². The lowest BCUT2D eigenvalue weighted by atomic mass is 10.1. The van der Waals surface area contributed by atoms with E-state index in [1.54, 1.807) is 0 Å². The molecule has 3 nitrogen and oxygen atoms in total. The van der Waals surface area contributed by atoms with Gasteiger partial charge in [-0.15, -0.1) is 0 Å². The number of hydrogen-bond donors (Lipinski definition) is 1. The standard InChI is InChI=1S/C13H19FNO2P.C2H6/c1-12(2)9-17-18(16,13(3,4)15-12)11-7-5-10(14)6-8-11;1-2/h5-8,15H,9H2,1-4H3;1-2H3. The highest BCUT2D eigenvalue weighted by atomic mass is 31.2. The normalized spacial score (nSPS) is 27.4. The van der Waals surface area contributed by atoms with Crippen molar-refractivity contribution in [2.75, 3.05) is 6.61 Å². The van der Waals surface area contributed by atoms with E-state index in [2.05, 4.69) is 5.32 Å². The van der Waals surface area contributed by atoms with E-state index in [4.69, 9.17) is 4.52 Å². The molecule has 1 unspecified atom stereocenters. The Kier molecular flexibility index (Phi) is 5.18. The Morgan fingerprint density at radius 1 is 1.15 bits per heavy atom. The largest absolute Gasteiger partial charge is 0.322 e. The molecule has 0 radical (unpaired) electrons. The first-order chi connectivity index (χ1) is 9.16. The quantitative estimate of drug-likeness (QED) is 0.800. The van der Waals surface area contributed by atoms with Crippen LogP contribution in [0.2, 0.25) is 0 Å². The van der Waals surface area contributed by atoms with Crippen molar-refractivity contribution in [1.82, 2.24) is 5.32 Å². The first-order valence-corrected chi connectivity index (χ1v) is 8.59. The van der Waals surface area contributed by atoms with Gasteiger partial charge in [-0.1, -0.05) is 13.8 Å². The number of rotatable bonds is 1. The van der Waals surface area contributed by atoms with Crippen LogP contribution in [-0.4, -0.2) is 17.4 Å². The molecule has 1 aromatic carbocycles. The fraction of sp³-hybridized carbons (Fsp3) is 0.600. The topological polar surface area (TPSA) is 38.3 Å². The third-order valence-electron chi connectivity index (χ3n) is 3.15. The van der Waals surface area contributed by atoms with Crippen LogP contribution in [0.15, 0.2) is 24.3 Å². The van der Waals surface area contributed by atoms with E-state index in [0.717, 1.165) is 0 Å². The summed E-state index contributed by atoms with van der Waals surface area (Å²) in [5.74, 6) is -0.339. The van der Waals surface area contributed by atoms with Crippen LogP contribution in [0.3, 0.4) is 0 Å². The van der Waals surface area contributed by atoms with E-state index < -0.39 is 12.6 Å². The second-order valence-electron chi connectivity index (χ2n) is 5.87. The minimum Gasteiger partial charge on any atom is -0.322 e. The fourth-order valence-corrected chi connectivity index (χ4v) is 5.00. The molecule has 1 aliphatic heterocycles. The summed E-state index contributed by atoms with van der Waals surface area (Å²) in [4.78, 5) is 0. The van der Waals surface area contributed by atoms with Crippen LogP contribution in [0.25, 0.3) is 0 Å². The summed E-state index contributed by atoms with van der Waals surface area (Å²) in [5, 5.41) is 3.23. The summed E-state index contributed by atoms with van der Waals surface area (Å²) in [6.45, 7) is 12.1. The van der Waals surface area contributed by atoms with Gasteiger partial charge >= 0.3 is 0 Å². The highest BCUT2D eigenvalue weighted by molar-refractivity contribution is 7.68. The molecule has 1 aliphatic rings. The molecular formula is C15H25FNO2P. The predicted octanol–water partition coefficient (Wildman–Crippen LogP) is 3.89. The molecule has 0 saturated carbocycles. The molecule has 1 aromatic rings. The molecule has 1 N–H and O–H groups in total. The van der Waals surface area contributed by atoms with E-state index in [9.17, 15) is 8.96 Å². The lowest BCUT2D eigenvalue weighted by Crippen LogP contribution is -2.59. The van der Waals surface area contributed by atoms with Gasteiger partial charge in [0.15, 0.2) is 0 Å². The smallest absolute Gasteiger partial charge is 0.251 e. The maximum atomic E-state index is 13.1. The highest BCUT2D eigenvalue weighted by Gasteiger charge is 2.50. The van der Waals surface area contributed by atoms with Crippen LogP contribution in [0.5, 0.6) is 0 Å². The number of hydrogen-bond acceptors (Lipinski definition) is 3. The van der Waals surface area contributed by atoms with Crippen LogP contribution in [0.4, 0.5) is 4.39 Å². The van der Waals surface area contributed by atoms with Crippen molar-refractivity contribution >= 4 is 12.7 Å². The lowest BCUT2D eigenvalue weighted by molar-refractivity contribution is 0.147. The Bertz CT molecular complexity index is 497. The molecule has 0 amide bonds. The van der Waals surface area contributed by atoms with E-state index in [-0.39, 0.29) is 11.4 Å². The Labute approximate surface area is 121 Å². The summed E-state index contributed by atoms with van der Waals surface area (Å²) >= 11 is 0. The molecule has 2 rings (SSSR count). The minimum atomic E-state index is -3.05. The SMILES string of the molecule is CC.CC1(C)COP(=O)(c2ccc(F)cc2)C(C)(C)N1. The molecule has 1 fully saturated rings. The van der Waals surface area contributed by atoms with Crippen molar-refractivity contribution in [2.45, 2.75) is 52.4 Å². The zero-order valence-electron chi connectivity index (χ0n) is 13.2. The first kappa shape index (κ1) is 17.4. The van der Waals surface area contributed by atoms with Crippen molar-refractivity contribution in [3.8, 4) is 0 Å². The van der Waals surface area contributed by atoms with Gasteiger partial charge in [0.25, 0.3) is 7.37 Å². The third kappa shape index (κ3) is 3.30. The molecule has 0 bridgehead atoms. The van der Waals surface area contributed by atoms with Crippen molar-refractivity contribution in [3.05, 3.63) is 30.1 Å². The first-order valence-electron chi connectivity index (χ1n) is 6.96. The summed E-state index contributed by atoms with van der Waals surface area (Å²) in [5.41, 5.74) is -0.225. The maximum absolute atomic E-state index is 13.1. The van der Waals surface area contributed by atoms with Crippen LogP contribution in [-0.2, 0) is 9.09 Å². The Morgan fingerprint density at radius 2 is 1.65 bits per heavy atom. The Morgan fingerprint density at radius 3 is 2.10 bits per heavy atom. The average molecular weight is 301 g/mol. The zero-order chi connectivity index (χ0) is 15.6. The molecule has 1 saturated heterocycles. The summed E-state index contributed by atoms with van der Waals surface area (Å²) < 4.78 is 31.7. The minimum absolute atomic E-state index is 0.225. The van der Waals surface area contributed by atoms with Crippen molar-refractivity contribution < 1.29 is 13.5 Å². The fourth-order valence-electron chi connectivity index (χ4n) is 2.39. The van der Waals surface area contributed by atoms with Gasteiger partial charge in [-0.2, -0.15) is 0 Å². The van der Waals surface area contributed by atoms with Gasteiger partial charge < -0.3 is 4.52 Å². The summed E-state index contributed by atoms with van der Waals surface area (Å²) in [6, 6.07) is 5.71. The van der Waals surface area contributed by atoms with Crippen LogP contribution in [0.1, 0.15) is 41.5 Å². The maximum Gasteiger partial charge on any atom is 0.251 e. The Balaban J connectivity index is 0.000000956. The van der Waals surface area contributed by atoms with Gasteiger partial charge in [-0.25, -0.2) is 4.39 Å². The molecule has 1 heterocycles. The van der Waals surface area contributed by atoms with Gasteiger partial charge in [0.05, 0.1) is 11.9 Å². The number of nitrogens with one attached hydrogen (secondary N) is 1. The third-order valence-corrected chi connectivity index (χ3v) is 6.21. The van der Waals surface area contributed by atoms with Crippen LogP contribution in [0, 0.1) is 5.82 Å². The van der Waals surface area contributed by atoms with E-state index >= 15 is 0 Å². The molecular weight excluding hydrogens is 276 g/mol. The van der Waals surface area contributed by atoms with Gasteiger partial charge in [-0.3, -0.25) is 9.88 Å². The van der Waals surface area contributed by atoms with E-state index in [1.165, 1.54) is 24.3 Å². The lowest BCUT2D eigenvalue weighted by Gasteiger charge is -2.47. The molecule has 114 valence electrons. The van der Waals surface area contributed by atoms with Crippen molar-refractivity contribution in [3.63, 3.8) is 0 Å². The van der Waals surface area contributed by atoms with Crippen molar-refractivity contribution in [2.24, 2.45) is 0 Å². The highest BCUT2D eigenvalue weighted by Crippen LogP contribution is 2.59. The van der Waals surface area contributed by atoms with Gasteiger partial charge in [0.1, 0.15) is 5.82 Å². The molecule has 0 aromatic heterocycles. The summed E-state index contributed by atoms with van der Waals surface area (Å²) in [7, 11) is -3.05. The molecule has 0 spiro atoms. The van der Waals surface area contributed by atoms with Crippen LogP contribution >= 0.6 is 7.37 Å². The van der Waals surface area contributed by atoms with E-state index in [1.807, 2.05) is 41.5 Å². The monoisotopic (exact) mass is 301 g/mol. The van der Waals surface area contributed by atoms with Crippen molar-refractivity contribution in [1.29, 1.82) is 0 Å². The molecule has 5 heteroatoms. The second-order valence-corrected chi connectivity index (χ2v) is 8.86. The number of halogens is 1. The molecule has 0 aliphatic carbocycles. The van der Waals surface area contributed by atoms with Crippen LogP contribution < -0.4 is 10.6 Å².